The Morgan fingerprint density at radius 3 is 1.71 bits per heavy atom. The van der Waals surface area contributed by atoms with Crippen LogP contribution in [-0.2, 0) is 14.1 Å². The molecule has 4 heterocycles. The normalized spacial score (nSPS) is 10.5. The van der Waals surface area contributed by atoms with E-state index >= 15 is 0 Å². The van der Waals surface area contributed by atoms with Crippen molar-refractivity contribution in [3.8, 4) is 11.3 Å². The van der Waals surface area contributed by atoms with E-state index in [1.807, 2.05) is 49.2 Å². The molecule has 38 heavy (non-hydrogen) atoms. The monoisotopic (exact) mass is 568 g/mol. The zero-order chi connectivity index (χ0) is 27.2. The van der Waals surface area contributed by atoms with E-state index in [1.165, 1.54) is 18.7 Å². The highest BCUT2D eigenvalue weighted by atomic mass is 35.5. The van der Waals surface area contributed by atoms with Gasteiger partial charge in [0.15, 0.2) is 0 Å². The second-order valence-electron chi connectivity index (χ2n) is 7.89. The van der Waals surface area contributed by atoms with Gasteiger partial charge in [0, 0.05) is 42.6 Å². The van der Waals surface area contributed by atoms with E-state index in [1.54, 1.807) is 29.1 Å². The number of fused-ring (bicyclic) bond motifs is 2. The van der Waals surface area contributed by atoms with Gasteiger partial charge in [0.2, 0.25) is 0 Å². The maximum atomic E-state index is 8.92. The summed E-state index contributed by atoms with van der Waals surface area (Å²) in [6.45, 7) is 0. The molecular formula is C24H20BCl3N8O2. The van der Waals surface area contributed by atoms with E-state index in [0.29, 0.717) is 20.9 Å². The molecule has 0 radical (unpaired) electrons. The van der Waals surface area contributed by atoms with Gasteiger partial charge in [0.1, 0.15) is 28.1 Å². The first-order valence-electron chi connectivity index (χ1n) is 11.0. The van der Waals surface area contributed by atoms with Crippen LogP contribution in [0.4, 0.5) is 0 Å². The number of hydrogen-bond acceptors (Lipinski definition) is 8. The number of halogens is 3. The fourth-order valence-corrected chi connectivity index (χ4v) is 3.97. The SMILES string of the molecule is Clc1cc(Cl)ncn1.Cn1ncc2cc(-c3cc(Cl)ncn3)ccc21.Cn1ncc2cc(B(O)O)ccc21. The molecule has 6 rings (SSSR count). The Kier molecular flexibility index (Phi) is 8.87. The second kappa shape index (κ2) is 12.3. The summed E-state index contributed by atoms with van der Waals surface area (Å²) in [7, 11) is 2.35. The third kappa shape index (κ3) is 6.83. The molecule has 0 unspecified atom stereocenters. The lowest BCUT2D eigenvalue weighted by Gasteiger charge is -2.01. The second-order valence-corrected chi connectivity index (χ2v) is 9.05. The molecule has 14 heteroatoms. The molecule has 2 N–H and O–H groups in total. The van der Waals surface area contributed by atoms with Gasteiger partial charge in [0.25, 0.3) is 0 Å². The minimum Gasteiger partial charge on any atom is -0.423 e. The topological polar surface area (TPSA) is 128 Å². The molecule has 0 amide bonds. The van der Waals surface area contributed by atoms with Crippen molar-refractivity contribution in [3.05, 3.63) is 89.0 Å². The first kappa shape index (κ1) is 27.4. The summed E-state index contributed by atoms with van der Waals surface area (Å²) in [5.41, 5.74) is 4.38. The molecule has 192 valence electrons. The Morgan fingerprint density at radius 1 is 0.658 bits per heavy atom. The molecule has 2 aromatic carbocycles. The quantitative estimate of drug-likeness (QED) is 0.239. The fourth-order valence-electron chi connectivity index (χ4n) is 3.47. The van der Waals surface area contributed by atoms with Crippen LogP contribution in [0.1, 0.15) is 0 Å². The van der Waals surface area contributed by atoms with E-state index in [0.717, 1.165) is 33.1 Å². The smallest absolute Gasteiger partial charge is 0.423 e. The van der Waals surface area contributed by atoms with Crippen LogP contribution in [0.25, 0.3) is 33.1 Å². The van der Waals surface area contributed by atoms with E-state index in [9.17, 15) is 0 Å². The molecular weight excluding hydrogens is 549 g/mol. The fraction of sp³-hybridized carbons (Fsp3) is 0.0833. The average Bonchev–Trinajstić information content (AvgIpc) is 3.46. The first-order chi connectivity index (χ1) is 18.2. The molecule has 0 fully saturated rings. The van der Waals surface area contributed by atoms with Crippen molar-refractivity contribution in [2.24, 2.45) is 14.1 Å². The summed E-state index contributed by atoms with van der Waals surface area (Å²) in [5.74, 6) is 0. The largest absolute Gasteiger partial charge is 0.488 e. The van der Waals surface area contributed by atoms with Gasteiger partial charge in [-0.2, -0.15) is 10.2 Å². The van der Waals surface area contributed by atoms with Gasteiger partial charge < -0.3 is 10.0 Å². The summed E-state index contributed by atoms with van der Waals surface area (Å²) in [4.78, 5) is 15.3. The molecule has 0 aliphatic carbocycles. The van der Waals surface area contributed by atoms with Crippen molar-refractivity contribution in [2.75, 3.05) is 0 Å². The molecule has 0 aliphatic heterocycles. The molecule has 0 aliphatic rings. The van der Waals surface area contributed by atoms with Crippen LogP contribution >= 0.6 is 34.8 Å². The molecule has 0 atom stereocenters. The van der Waals surface area contributed by atoms with E-state index in [2.05, 4.69) is 30.1 Å². The van der Waals surface area contributed by atoms with Crippen molar-refractivity contribution >= 4 is 69.2 Å². The Hall–Kier alpha value is -3.61. The van der Waals surface area contributed by atoms with Crippen molar-refractivity contribution in [3.63, 3.8) is 0 Å². The Morgan fingerprint density at radius 2 is 1.18 bits per heavy atom. The maximum absolute atomic E-state index is 8.92. The lowest BCUT2D eigenvalue weighted by Crippen LogP contribution is -2.29. The van der Waals surface area contributed by atoms with Crippen LogP contribution in [0.2, 0.25) is 15.5 Å². The Bertz CT molecular complexity index is 1680. The van der Waals surface area contributed by atoms with Crippen LogP contribution < -0.4 is 5.46 Å². The van der Waals surface area contributed by atoms with Crippen molar-refractivity contribution in [1.29, 1.82) is 0 Å². The number of aromatic nitrogens is 8. The number of hydrogen-bond donors (Lipinski definition) is 2. The van der Waals surface area contributed by atoms with Gasteiger partial charge in [-0.25, -0.2) is 19.9 Å². The van der Waals surface area contributed by atoms with Gasteiger partial charge >= 0.3 is 7.12 Å². The lowest BCUT2D eigenvalue weighted by molar-refractivity contribution is 0.426. The van der Waals surface area contributed by atoms with Crippen LogP contribution in [0.15, 0.2) is 73.6 Å². The highest BCUT2D eigenvalue weighted by Crippen LogP contribution is 2.23. The zero-order valence-corrected chi connectivity index (χ0v) is 22.4. The van der Waals surface area contributed by atoms with Crippen LogP contribution in [-0.4, -0.2) is 56.7 Å². The van der Waals surface area contributed by atoms with E-state index < -0.39 is 7.12 Å². The summed E-state index contributed by atoms with van der Waals surface area (Å²) in [6, 6.07) is 14.5. The maximum Gasteiger partial charge on any atom is 0.488 e. The summed E-state index contributed by atoms with van der Waals surface area (Å²) >= 11 is 16.7. The third-order valence-corrected chi connectivity index (χ3v) is 5.96. The Balaban J connectivity index is 0.000000142. The minimum absolute atomic E-state index is 0.366. The van der Waals surface area contributed by atoms with Gasteiger partial charge in [0.05, 0.1) is 29.1 Å². The van der Waals surface area contributed by atoms with E-state index in [-0.39, 0.29) is 0 Å². The molecule has 0 saturated heterocycles. The summed E-state index contributed by atoms with van der Waals surface area (Å²) in [6.07, 6.45) is 6.30. The Labute approximate surface area is 232 Å². The molecule has 0 spiro atoms. The predicted octanol–water partition coefficient (Wildman–Crippen LogP) is 3.72. The van der Waals surface area contributed by atoms with Gasteiger partial charge in [-0.05, 0) is 23.7 Å². The van der Waals surface area contributed by atoms with Gasteiger partial charge in [-0.3, -0.25) is 9.36 Å². The molecule has 0 saturated carbocycles. The zero-order valence-electron chi connectivity index (χ0n) is 20.1. The summed E-state index contributed by atoms with van der Waals surface area (Å²) in [5, 5.41) is 29.3. The molecule has 6 aromatic rings. The highest BCUT2D eigenvalue weighted by Gasteiger charge is 2.11. The lowest BCUT2D eigenvalue weighted by atomic mass is 9.80. The van der Waals surface area contributed by atoms with E-state index in [4.69, 9.17) is 44.9 Å². The number of rotatable bonds is 2. The van der Waals surface area contributed by atoms with Crippen molar-refractivity contribution in [1.82, 2.24) is 39.5 Å². The standard InChI is InChI=1S/C12H9ClN4.C8H9BN2O2.C4H2Cl2N2/c1-17-11-3-2-8(4-9(11)6-16-17)10-5-12(13)15-7-14-10;1-11-8-3-2-7(9(12)13)4-6(8)5-10-11;5-3-1-4(6)8-2-7-3/h2-7H,1H3;2-5,12-13H,1H3;1-2H. The van der Waals surface area contributed by atoms with Crippen LogP contribution in [0, 0.1) is 0 Å². The average molecular weight is 570 g/mol. The molecule has 0 bridgehead atoms. The highest BCUT2D eigenvalue weighted by molar-refractivity contribution is 6.58. The van der Waals surface area contributed by atoms with Crippen LogP contribution in [0.3, 0.4) is 0 Å². The van der Waals surface area contributed by atoms with Crippen molar-refractivity contribution < 1.29 is 10.0 Å². The third-order valence-electron chi connectivity index (χ3n) is 5.34. The van der Waals surface area contributed by atoms with Gasteiger partial charge in [-0.1, -0.05) is 53.0 Å². The molecule has 4 aromatic heterocycles. The summed E-state index contributed by atoms with van der Waals surface area (Å²) < 4.78 is 3.58. The number of nitrogens with zero attached hydrogens (tertiary/aromatic N) is 8. The predicted molar refractivity (Wildman–Crippen MR) is 149 cm³/mol. The minimum atomic E-state index is -1.41. The number of benzene rings is 2. The van der Waals surface area contributed by atoms with Crippen LogP contribution in [0.5, 0.6) is 0 Å². The number of aryl methyl sites for hydroxylation is 2. The first-order valence-corrected chi connectivity index (χ1v) is 12.1. The van der Waals surface area contributed by atoms with Crippen molar-refractivity contribution in [2.45, 2.75) is 0 Å². The molecule has 10 nitrogen and oxygen atoms in total. The van der Waals surface area contributed by atoms with Gasteiger partial charge in [-0.15, -0.1) is 0 Å².